The maximum Gasteiger partial charge on any atom is 0.0337 e. The van der Waals surface area contributed by atoms with Crippen LogP contribution >= 0.6 is 0 Å². The molecule has 4 unspecified atom stereocenters. The summed E-state index contributed by atoms with van der Waals surface area (Å²) in [4.78, 5) is 2.81. The Morgan fingerprint density at radius 3 is 2.60 bits per heavy atom. The number of hydrogen-bond donors (Lipinski definition) is 1. The molecule has 1 heterocycles. The molecule has 2 nitrogen and oxygen atoms in total. The van der Waals surface area contributed by atoms with Gasteiger partial charge in [0.15, 0.2) is 0 Å². The maximum absolute atomic E-state index is 6.33. The van der Waals surface area contributed by atoms with Crippen molar-refractivity contribution in [2.24, 2.45) is 23.5 Å². The first-order valence-electron chi connectivity index (χ1n) is 8.95. The molecule has 1 saturated carbocycles. The molecule has 1 aliphatic heterocycles. The number of nitrogens with two attached hydrogens (primary N) is 1. The zero-order valence-corrected chi connectivity index (χ0v) is 14.2. The second kappa shape index (κ2) is 6.79. The van der Waals surface area contributed by atoms with Crippen molar-refractivity contribution >= 4 is 0 Å². The average molecular weight is 280 g/mol. The van der Waals surface area contributed by atoms with E-state index in [1.165, 1.54) is 51.5 Å². The second-order valence-corrected chi connectivity index (χ2v) is 8.07. The smallest absolute Gasteiger partial charge is 0.0337 e. The number of likely N-dealkylation sites (tertiary alicyclic amines) is 1. The Labute approximate surface area is 126 Å². The van der Waals surface area contributed by atoms with Gasteiger partial charge in [0.2, 0.25) is 0 Å². The zero-order chi connectivity index (χ0) is 14.8. The summed E-state index contributed by atoms with van der Waals surface area (Å²) in [5.41, 5.74) is 6.64. The third kappa shape index (κ3) is 3.39. The Hall–Kier alpha value is -0.0800. The molecule has 1 aliphatic carbocycles. The van der Waals surface area contributed by atoms with Crippen molar-refractivity contribution < 1.29 is 0 Å². The summed E-state index contributed by atoms with van der Waals surface area (Å²) >= 11 is 0. The third-order valence-corrected chi connectivity index (χ3v) is 6.09. The van der Waals surface area contributed by atoms with Gasteiger partial charge >= 0.3 is 0 Å². The molecule has 0 radical (unpaired) electrons. The highest BCUT2D eigenvalue weighted by molar-refractivity contribution is 5.00. The molecule has 0 aromatic heterocycles. The minimum absolute atomic E-state index is 0.311. The van der Waals surface area contributed by atoms with Crippen molar-refractivity contribution in [2.75, 3.05) is 13.1 Å². The molecule has 2 rings (SSSR count). The molecule has 2 fully saturated rings. The van der Waals surface area contributed by atoms with Crippen molar-refractivity contribution in [3.63, 3.8) is 0 Å². The fourth-order valence-corrected chi connectivity index (χ4v) is 4.90. The number of hydrogen-bond acceptors (Lipinski definition) is 2. The lowest BCUT2D eigenvalue weighted by Crippen LogP contribution is -2.62. The van der Waals surface area contributed by atoms with Gasteiger partial charge in [-0.1, -0.05) is 33.6 Å². The highest BCUT2D eigenvalue weighted by atomic mass is 15.2. The van der Waals surface area contributed by atoms with Crippen LogP contribution in [0, 0.1) is 17.8 Å². The van der Waals surface area contributed by atoms with Gasteiger partial charge < -0.3 is 5.73 Å². The van der Waals surface area contributed by atoms with Gasteiger partial charge in [0.05, 0.1) is 0 Å². The first-order chi connectivity index (χ1) is 9.48. The Balaban J connectivity index is 2.11. The van der Waals surface area contributed by atoms with Crippen LogP contribution in [-0.4, -0.2) is 29.6 Å². The predicted octanol–water partition coefficient (Wildman–Crippen LogP) is 4.04. The quantitative estimate of drug-likeness (QED) is 0.842. The minimum atomic E-state index is 0.311. The highest BCUT2D eigenvalue weighted by Crippen LogP contribution is 2.42. The molecule has 118 valence electrons. The zero-order valence-electron chi connectivity index (χ0n) is 14.2. The first-order valence-corrected chi connectivity index (χ1v) is 8.95. The lowest BCUT2D eigenvalue weighted by atomic mass is 9.70. The minimum Gasteiger partial charge on any atom is -0.329 e. The molecule has 0 amide bonds. The molecular weight excluding hydrogens is 244 g/mol. The normalized spacial score (nSPS) is 40.2. The summed E-state index contributed by atoms with van der Waals surface area (Å²) < 4.78 is 0. The fourth-order valence-electron chi connectivity index (χ4n) is 4.90. The first kappa shape index (κ1) is 16.3. The number of nitrogens with zero attached hydrogens (tertiary/aromatic N) is 1. The Bertz CT molecular complexity index is 302. The molecule has 0 aromatic carbocycles. The van der Waals surface area contributed by atoms with E-state index in [1.54, 1.807) is 0 Å². The fraction of sp³-hybridized carbons (Fsp3) is 1.00. The van der Waals surface area contributed by atoms with Crippen LogP contribution < -0.4 is 5.73 Å². The molecule has 20 heavy (non-hydrogen) atoms. The lowest BCUT2D eigenvalue weighted by Gasteiger charge is -2.54. The summed E-state index contributed by atoms with van der Waals surface area (Å²) in [5.74, 6) is 2.56. The van der Waals surface area contributed by atoms with E-state index in [-0.39, 0.29) is 0 Å². The molecule has 4 atom stereocenters. The summed E-state index contributed by atoms with van der Waals surface area (Å²) in [6, 6.07) is 0.713. The van der Waals surface area contributed by atoms with E-state index in [4.69, 9.17) is 5.73 Å². The summed E-state index contributed by atoms with van der Waals surface area (Å²) in [6.07, 6.45) is 9.63. The lowest BCUT2D eigenvalue weighted by molar-refractivity contribution is -0.0317. The van der Waals surface area contributed by atoms with Gasteiger partial charge in [0.1, 0.15) is 0 Å². The average Bonchev–Trinajstić information content (AvgIpc) is 2.41. The van der Waals surface area contributed by atoms with E-state index < -0.39 is 0 Å². The molecule has 0 aromatic rings. The van der Waals surface area contributed by atoms with Crippen LogP contribution in [0.3, 0.4) is 0 Å². The van der Waals surface area contributed by atoms with E-state index in [0.717, 1.165) is 24.3 Å². The Morgan fingerprint density at radius 1 is 1.20 bits per heavy atom. The summed E-state index contributed by atoms with van der Waals surface area (Å²) in [7, 11) is 0. The van der Waals surface area contributed by atoms with Gasteiger partial charge in [-0.25, -0.2) is 0 Å². The second-order valence-electron chi connectivity index (χ2n) is 8.07. The van der Waals surface area contributed by atoms with Crippen molar-refractivity contribution in [1.29, 1.82) is 0 Å². The predicted molar refractivity (Wildman–Crippen MR) is 87.8 cm³/mol. The van der Waals surface area contributed by atoms with Gasteiger partial charge in [-0.05, 0) is 63.3 Å². The molecule has 2 heteroatoms. The number of rotatable bonds is 4. The molecular formula is C18H36N2. The highest BCUT2D eigenvalue weighted by Gasteiger charge is 2.43. The van der Waals surface area contributed by atoms with Crippen molar-refractivity contribution in [3.05, 3.63) is 0 Å². The van der Waals surface area contributed by atoms with E-state index in [0.29, 0.717) is 11.6 Å². The van der Waals surface area contributed by atoms with Gasteiger partial charge in [0, 0.05) is 18.1 Å². The van der Waals surface area contributed by atoms with Gasteiger partial charge in [-0.15, -0.1) is 0 Å². The van der Waals surface area contributed by atoms with Gasteiger partial charge in [-0.2, -0.15) is 0 Å². The maximum atomic E-state index is 6.33. The summed E-state index contributed by atoms with van der Waals surface area (Å²) in [6.45, 7) is 11.7. The molecule has 0 bridgehead atoms. The van der Waals surface area contributed by atoms with Crippen LogP contribution in [0.25, 0.3) is 0 Å². The standard InChI is InChI=1S/C18H36N2/c1-14(2)11-17-8-5-9-18(12-17,13-19)20-10-6-7-15(3)16(20)4/h14-17H,5-13,19H2,1-4H3. The van der Waals surface area contributed by atoms with E-state index in [9.17, 15) is 0 Å². The topological polar surface area (TPSA) is 29.3 Å². The van der Waals surface area contributed by atoms with Crippen LogP contribution in [0.1, 0.15) is 72.6 Å². The molecule has 1 saturated heterocycles. The van der Waals surface area contributed by atoms with Crippen LogP contribution in [0.5, 0.6) is 0 Å². The van der Waals surface area contributed by atoms with Crippen LogP contribution in [0.4, 0.5) is 0 Å². The van der Waals surface area contributed by atoms with E-state index >= 15 is 0 Å². The SMILES string of the molecule is CC(C)CC1CCCC(CN)(N2CCCC(C)C2C)C1. The van der Waals surface area contributed by atoms with Crippen molar-refractivity contribution in [2.45, 2.75) is 84.2 Å². The number of piperidine rings is 1. The molecule has 2 N–H and O–H groups in total. The third-order valence-electron chi connectivity index (χ3n) is 6.09. The van der Waals surface area contributed by atoms with Crippen molar-refractivity contribution in [3.8, 4) is 0 Å². The monoisotopic (exact) mass is 280 g/mol. The molecule has 2 aliphatic rings. The van der Waals surface area contributed by atoms with Gasteiger partial charge in [-0.3, -0.25) is 4.90 Å². The van der Waals surface area contributed by atoms with Crippen LogP contribution in [0.15, 0.2) is 0 Å². The van der Waals surface area contributed by atoms with E-state index in [2.05, 4.69) is 32.6 Å². The summed E-state index contributed by atoms with van der Waals surface area (Å²) in [5, 5.41) is 0. The van der Waals surface area contributed by atoms with E-state index in [1.807, 2.05) is 0 Å². The van der Waals surface area contributed by atoms with Crippen LogP contribution in [0.2, 0.25) is 0 Å². The van der Waals surface area contributed by atoms with Crippen LogP contribution in [-0.2, 0) is 0 Å². The Kier molecular flexibility index (Phi) is 5.53. The Morgan fingerprint density at radius 2 is 1.95 bits per heavy atom. The molecule has 0 spiro atoms. The van der Waals surface area contributed by atoms with Gasteiger partial charge in [0.25, 0.3) is 0 Å². The largest absolute Gasteiger partial charge is 0.329 e. The van der Waals surface area contributed by atoms with Crippen molar-refractivity contribution in [1.82, 2.24) is 4.90 Å².